The van der Waals surface area contributed by atoms with Crippen LogP contribution in [0.25, 0.3) is 11.4 Å². The van der Waals surface area contributed by atoms with E-state index in [1.54, 1.807) is 56.3 Å². The maximum atomic E-state index is 13.5. The molecule has 14 heteroatoms. The molecular formula is C29H28N6O8. The summed E-state index contributed by atoms with van der Waals surface area (Å²) in [4.78, 5) is 54.3. The van der Waals surface area contributed by atoms with E-state index in [2.05, 4.69) is 20.5 Å². The van der Waals surface area contributed by atoms with E-state index < -0.39 is 51.8 Å². The number of Topliss-reactive ketones (excluding diaryl/α,β-unsaturated/α-hetero) is 1. The standard InChI is InChI=1S/C29H28N6O8/c1-16(2)23(24(37)26-32-33-28(43-26)29(3,4)18-10-11-20-21(12-18)42-15-41-20)31-22(36)14-34-25(17-8-6-5-7-9-17)30-13-19(27(34)38)35(39)40/h5-13,16,23H,14-15H2,1-4H3,(H,31,36)/t23-/m1/s1. The first kappa shape index (κ1) is 29.1. The Balaban J connectivity index is 1.38. The molecule has 1 aliphatic rings. The number of ether oxygens (including phenoxy) is 2. The maximum Gasteiger partial charge on any atom is 0.352 e. The van der Waals surface area contributed by atoms with Crippen LogP contribution in [0.1, 0.15) is 49.8 Å². The van der Waals surface area contributed by atoms with Gasteiger partial charge < -0.3 is 19.2 Å². The zero-order valence-electron chi connectivity index (χ0n) is 23.8. The molecule has 0 saturated carbocycles. The van der Waals surface area contributed by atoms with Crippen LogP contribution in [0.2, 0.25) is 0 Å². The molecule has 3 heterocycles. The summed E-state index contributed by atoms with van der Waals surface area (Å²) in [6, 6.07) is 12.8. The molecule has 0 unspecified atom stereocenters. The Morgan fingerprint density at radius 1 is 1.09 bits per heavy atom. The van der Waals surface area contributed by atoms with Crippen molar-refractivity contribution in [3.63, 3.8) is 0 Å². The average molecular weight is 589 g/mol. The molecule has 0 spiro atoms. The largest absolute Gasteiger partial charge is 0.454 e. The van der Waals surface area contributed by atoms with Crippen LogP contribution in [0, 0.1) is 16.0 Å². The van der Waals surface area contributed by atoms with Gasteiger partial charge in [0.05, 0.1) is 16.4 Å². The number of nitrogens with one attached hydrogen (secondary N) is 1. The van der Waals surface area contributed by atoms with E-state index in [1.165, 1.54) is 0 Å². The summed E-state index contributed by atoms with van der Waals surface area (Å²) < 4.78 is 17.6. The highest BCUT2D eigenvalue weighted by Crippen LogP contribution is 2.38. The Morgan fingerprint density at radius 2 is 1.81 bits per heavy atom. The number of ketones is 1. The number of benzene rings is 2. The molecule has 1 amide bonds. The summed E-state index contributed by atoms with van der Waals surface area (Å²) in [6.07, 6.45) is 0.859. The van der Waals surface area contributed by atoms with E-state index >= 15 is 0 Å². The predicted octanol–water partition coefficient (Wildman–Crippen LogP) is 3.28. The summed E-state index contributed by atoms with van der Waals surface area (Å²) in [5.41, 5.74) is -1.32. The van der Waals surface area contributed by atoms with Gasteiger partial charge in [-0.2, -0.15) is 0 Å². The summed E-state index contributed by atoms with van der Waals surface area (Å²) in [5.74, 6) is -0.654. The van der Waals surface area contributed by atoms with E-state index in [9.17, 15) is 24.5 Å². The van der Waals surface area contributed by atoms with Gasteiger partial charge in [-0.25, -0.2) is 4.98 Å². The first-order valence-electron chi connectivity index (χ1n) is 13.3. The predicted molar refractivity (Wildman–Crippen MR) is 151 cm³/mol. The van der Waals surface area contributed by atoms with Crippen LogP contribution in [0.5, 0.6) is 11.5 Å². The number of carbonyl (C=O) groups excluding carboxylic acids is 2. The highest BCUT2D eigenvalue weighted by molar-refractivity contribution is 5.98. The fourth-order valence-electron chi connectivity index (χ4n) is 4.59. The first-order chi connectivity index (χ1) is 20.5. The molecule has 0 saturated heterocycles. The van der Waals surface area contributed by atoms with E-state index in [4.69, 9.17) is 13.9 Å². The molecule has 1 N–H and O–H groups in total. The number of hydrogen-bond donors (Lipinski definition) is 1. The third-order valence-corrected chi connectivity index (χ3v) is 7.09. The lowest BCUT2D eigenvalue weighted by molar-refractivity contribution is -0.386. The third kappa shape index (κ3) is 5.71. The smallest absolute Gasteiger partial charge is 0.352 e. The molecule has 2 aromatic carbocycles. The molecule has 1 aliphatic heterocycles. The minimum Gasteiger partial charge on any atom is -0.454 e. The second kappa shape index (κ2) is 11.5. The monoisotopic (exact) mass is 588 g/mol. The minimum atomic E-state index is -1.10. The topological polar surface area (TPSA) is 182 Å². The molecule has 222 valence electrons. The van der Waals surface area contributed by atoms with Crippen LogP contribution < -0.4 is 20.3 Å². The number of nitrogens with zero attached hydrogens (tertiary/aromatic N) is 5. The van der Waals surface area contributed by atoms with Gasteiger partial charge in [0, 0.05) is 5.56 Å². The molecule has 5 rings (SSSR count). The lowest BCUT2D eigenvalue weighted by atomic mass is 9.84. The minimum absolute atomic E-state index is 0.0612. The van der Waals surface area contributed by atoms with Crippen LogP contribution in [-0.2, 0) is 16.8 Å². The summed E-state index contributed by atoms with van der Waals surface area (Å²) in [5, 5.41) is 22.1. The Hall–Kier alpha value is -5.40. The third-order valence-electron chi connectivity index (χ3n) is 7.09. The normalized spacial score (nSPS) is 13.1. The molecule has 4 aromatic rings. The quantitative estimate of drug-likeness (QED) is 0.163. The Bertz CT molecular complexity index is 1760. The molecule has 14 nitrogen and oxygen atoms in total. The van der Waals surface area contributed by atoms with Gasteiger partial charge in [-0.3, -0.25) is 29.1 Å². The zero-order valence-corrected chi connectivity index (χ0v) is 23.8. The molecule has 0 bridgehead atoms. The highest BCUT2D eigenvalue weighted by Gasteiger charge is 2.35. The van der Waals surface area contributed by atoms with Gasteiger partial charge in [0.25, 0.3) is 5.89 Å². The van der Waals surface area contributed by atoms with Crippen LogP contribution in [0.3, 0.4) is 0 Å². The van der Waals surface area contributed by atoms with Crippen LogP contribution in [0.4, 0.5) is 5.69 Å². The van der Waals surface area contributed by atoms with Crippen molar-refractivity contribution in [1.82, 2.24) is 25.1 Å². The van der Waals surface area contributed by atoms with E-state index in [1.807, 2.05) is 19.9 Å². The zero-order chi connectivity index (χ0) is 30.9. The Kier molecular flexibility index (Phi) is 7.76. The van der Waals surface area contributed by atoms with E-state index in [-0.39, 0.29) is 24.4 Å². The second-order valence-corrected chi connectivity index (χ2v) is 10.7. The highest BCUT2D eigenvalue weighted by atomic mass is 16.7. The molecule has 0 radical (unpaired) electrons. The van der Waals surface area contributed by atoms with Crippen LogP contribution in [0.15, 0.2) is 63.9 Å². The lowest BCUT2D eigenvalue weighted by Gasteiger charge is -2.21. The fourth-order valence-corrected chi connectivity index (χ4v) is 4.59. The van der Waals surface area contributed by atoms with Crippen molar-refractivity contribution in [2.75, 3.05) is 6.79 Å². The van der Waals surface area contributed by atoms with E-state index in [0.29, 0.717) is 17.1 Å². The fraction of sp³-hybridized carbons (Fsp3) is 0.310. The van der Waals surface area contributed by atoms with Crippen molar-refractivity contribution >= 4 is 17.4 Å². The van der Waals surface area contributed by atoms with Crippen molar-refractivity contribution in [3.8, 4) is 22.9 Å². The van der Waals surface area contributed by atoms with Gasteiger partial charge in [0.15, 0.2) is 11.5 Å². The van der Waals surface area contributed by atoms with Crippen molar-refractivity contribution in [3.05, 3.63) is 92.5 Å². The maximum absolute atomic E-state index is 13.5. The summed E-state index contributed by atoms with van der Waals surface area (Å²) in [7, 11) is 0. The second-order valence-electron chi connectivity index (χ2n) is 10.7. The molecule has 1 atom stereocenters. The van der Waals surface area contributed by atoms with Gasteiger partial charge in [0.1, 0.15) is 18.6 Å². The molecule has 43 heavy (non-hydrogen) atoms. The van der Waals surface area contributed by atoms with Gasteiger partial charge in [-0.05, 0) is 37.5 Å². The first-order valence-corrected chi connectivity index (χ1v) is 13.3. The van der Waals surface area contributed by atoms with Crippen LogP contribution in [-0.4, -0.2) is 49.2 Å². The number of fused-ring (bicyclic) bond motifs is 1. The summed E-state index contributed by atoms with van der Waals surface area (Å²) >= 11 is 0. The average Bonchev–Trinajstić information content (AvgIpc) is 3.67. The molecular weight excluding hydrogens is 560 g/mol. The Morgan fingerprint density at radius 3 is 2.51 bits per heavy atom. The van der Waals surface area contributed by atoms with E-state index in [0.717, 1.165) is 16.3 Å². The Labute approximate surface area is 244 Å². The van der Waals surface area contributed by atoms with Gasteiger partial charge in [0.2, 0.25) is 24.4 Å². The van der Waals surface area contributed by atoms with Crippen molar-refractivity contribution in [1.29, 1.82) is 0 Å². The number of amides is 1. The molecule has 2 aromatic heterocycles. The van der Waals surface area contributed by atoms with Gasteiger partial charge in [-0.15, -0.1) is 10.2 Å². The number of hydrogen-bond acceptors (Lipinski definition) is 11. The number of rotatable bonds is 10. The SMILES string of the molecule is CC(C)[C@@H](NC(=O)Cn1c(-c2ccccc2)ncc([N+](=O)[O-])c1=O)C(=O)c1nnc(C(C)(C)c2ccc3c(c2)OCO3)o1. The number of aromatic nitrogens is 4. The number of nitro groups is 1. The van der Waals surface area contributed by atoms with Crippen molar-refractivity contribution in [2.45, 2.75) is 45.7 Å². The van der Waals surface area contributed by atoms with Crippen molar-refractivity contribution in [2.24, 2.45) is 5.92 Å². The van der Waals surface area contributed by atoms with Gasteiger partial charge >= 0.3 is 11.2 Å². The number of carbonyl (C=O) groups is 2. The summed E-state index contributed by atoms with van der Waals surface area (Å²) in [6.45, 7) is 6.63. The molecule has 0 fully saturated rings. The van der Waals surface area contributed by atoms with Gasteiger partial charge in [-0.1, -0.05) is 50.2 Å². The van der Waals surface area contributed by atoms with Crippen molar-refractivity contribution < 1.29 is 28.4 Å². The lowest BCUT2D eigenvalue weighted by Crippen LogP contribution is -2.46. The van der Waals surface area contributed by atoms with Crippen LogP contribution >= 0.6 is 0 Å². The molecule has 0 aliphatic carbocycles.